The molecule has 0 bridgehead atoms. The molecule has 8 aromatic carbocycles. The van der Waals surface area contributed by atoms with E-state index in [-0.39, 0.29) is 160 Å². The van der Waals surface area contributed by atoms with Crippen LogP contribution in [-0.2, 0) is 0 Å². The highest BCUT2D eigenvalue weighted by Gasteiger charge is 2.19. The average molecular weight is 685 g/mol. The van der Waals surface area contributed by atoms with Crippen LogP contribution in [0, 0.1) is 0 Å². The van der Waals surface area contributed by atoms with Gasteiger partial charge in [-0.25, -0.2) is 0 Å². The molecule has 11 rings (SSSR count). The Kier molecular flexibility index (Phi) is 3.48. The molecule has 3 heterocycles. The Balaban J connectivity index is 1.28. The molecule has 11 aromatic rings. The monoisotopic (exact) mass is 684 g/mol. The summed E-state index contributed by atoms with van der Waals surface area (Å²) in [7, 11) is 0. The molecule has 238 valence electrons. The summed E-state index contributed by atoms with van der Waals surface area (Å²) in [5, 5.41) is 1.25. The highest BCUT2D eigenvalue weighted by Crippen LogP contribution is 2.43. The van der Waals surface area contributed by atoms with Gasteiger partial charge in [0.1, 0.15) is 0 Å². The minimum Gasteiger partial charge on any atom is -0.309 e. The van der Waals surface area contributed by atoms with Gasteiger partial charge in [-0.3, -0.25) is 0 Å². The van der Waals surface area contributed by atoms with Gasteiger partial charge in [0.05, 0.1) is 46.7 Å². The second-order valence-electron chi connectivity index (χ2n) is 11.9. The summed E-state index contributed by atoms with van der Waals surface area (Å²) in [6.45, 7) is 0. The standard InChI is InChI=1S/C48H30N2S/c1-3-13-31(14-4-1)35-20-12-24-46-48(35)40-30-34(26-28-45(40)51-46)50-41-21-9-7-17-37(41)39-29-32(25-27-43(39)50)36-19-11-23-44-47(36)38-18-8-10-22-42(38)49(44)33-15-5-2-6-16-33/h1-30H/i1D,3D,7D,8D,9D,10D,11D,12D,13D,14D,17D,20D,22D,23D,24D,25D,27D,28D. The van der Waals surface area contributed by atoms with E-state index in [1.165, 1.54) is 34.9 Å². The van der Waals surface area contributed by atoms with E-state index < -0.39 is 36.3 Å². The van der Waals surface area contributed by atoms with Crippen molar-refractivity contribution in [3.05, 3.63) is 182 Å². The normalized spacial score (nSPS) is 16.9. The molecule has 0 saturated heterocycles. The number of aromatic nitrogens is 2. The predicted molar refractivity (Wildman–Crippen MR) is 219 cm³/mol. The maximum absolute atomic E-state index is 9.78. The first-order chi connectivity index (χ1) is 32.7. The molecule has 0 atom stereocenters. The van der Waals surface area contributed by atoms with Gasteiger partial charge < -0.3 is 9.13 Å². The summed E-state index contributed by atoms with van der Waals surface area (Å²) < 4.78 is 165. The highest BCUT2D eigenvalue weighted by atomic mass is 32.1. The first-order valence-electron chi connectivity index (χ1n) is 25.0. The molecule has 51 heavy (non-hydrogen) atoms. The third kappa shape index (κ3) is 4.22. The Morgan fingerprint density at radius 3 is 2.20 bits per heavy atom. The summed E-state index contributed by atoms with van der Waals surface area (Å²) in [4.78, 5) is 0. The summed E-state index contributed by atoms with van der Waals surface area (Å²) in [5.74, 6) is 0. The Morgan fingerprint density at radius 1 is 0.392 bits per heavy atom. The van der Waals surface area contributed by atoms with Gasteiger partial charge in [-0.05, 0) is 88.9 Å². The van der Waals surface area contributed by atoms with E-state index in [0.717, 1.165) is 17.4 Å². The maximum Gasteiger partial charge on any atom is 0.0645 e. The van der Waals surface area contributed by atoms with Crippen LogP contribution in [0.5, 0.6) is 0 Å². The maximum atomic E-state index is 9.78. The fourth-order valence-corrected chi connectivity index (χ4v) is 8.12. The fourth-order valence-electron chi connectivity index (χ4n) is 7.11. The second kappa shape index (κ2) is 11.0. The molecule has 0 aliphatic carbocycles. The molecule has 0 aliphatic rings. The topological polar surface area (TPSA) is 9.86 Å². The van der Waals surface area contributed by atoms with Gasteiger partial charge in [-0.1, -0.05) is 115 Å². The van der Waals surface area contributed by atoms with Crippen LogP contribution >= 0.6 is 11.3 Å². The number of benzene rings is 8. The lowest BCUT2D eigenvalue weighted by Crippen LogP contribution is -1.93. The van der Waals surface area contributed by atoms with Crippen molar-refractivity contribution in [2.75, 3.05) is 0 Å². The Labute approximate surface area is 324 Å². The first-order valence-corrected chi connectivity index (χ1v) is 16.8. The number of fused-ring (bicyclic) bond motifs is 9. The number of hydrogen-bond acceptors (Lipinski definition) is 1. The number of para-hydroxylation sites is 3. The van der Waals surface area contributed by atoms with Crippen molar-refractivity contribution in [1.29, 1.82) is 0 Å². The van der Waals surface area contributed by atoms with E-state index in [0.29, 0.717) is 10.4 Å². The zero-order valence-electron chi connectivity index (χ0n) is 44.2. The van der Waals surface area contributed by atoms with Gasteiger partial charge in [-0.15, -0.1) is 11.3 Å². The Bertz CT molecular complexity index is 4180. The van der Waals surface area contributed by atoms with E-state index in [1.54, 1.807) is 41.0 Å². The van der Waals surface area contributed by atoms with Crippen LogP contribution in [0.2, 0.25) is 0 Å². The van der Waals surface area contributed by atoms with Gasteiger partial charge in [0.25, 0.3) is 0 Å². The number of rotatable bonds is 4. The third-order valence-electron chi connectivity index (χ3n) is 9.24. The van der Waals surface area contributed by atoms with Crippen molar-refractivity contribution in [2.45, 2.75) is 0 Å². The van der Waals surface area contributed by atoms with Crippen molar-refractivity contribution < 1.29 is 24.7 Å². The predicted octanol–water partition coefficient (Wildman–Crippen LogP) is 13.6. The fraction of sp³-hybridized carbons (Fsp3) is 0. The van der Waals surface area contributed by atoms with E-state index >= 15 is 0 Å². The molecule has 0 unspecified atom stereocenters. The molecule has 3 heteroatoms. The van der Waals surface area contributed by atoms with Crippen molar-refractivity contribution in [1.82, 2.24) is 9.13 Å². The largest absolute Gasteiger partial charge is 0.309 e. The number of hydrogen-bond donors (Lipinski definition) is 0. The van der Waals surface area contributed by atoms with Gasteiger partial charge in [0, 0.05) is 53.1 Å². The summed E-state index contributed by atoms with van der Waals surface area (Å²) in [5.41, 5.74) is 1.14. The van der Waals surface area contributed by atoms with Gasteiger partial charge >= 0.3 is 0 Å². The zero-order chi connectivity index (χ0) is 49.1. The molecule has 0 amide bonds. The lowest BCUT2D eigenvalue weighted by molar-refractivity contribution is 1.18. The molecule has 0 saturated carbocycles. The van der Waals surface area contributed by atoms with Crippen LogP contribution in [0.25, 0.3) is 97.4 Å². The minimum absolute atomic E-state index is 0.0326. The first kappa shape index (κ1) is 16.1. The van der Waals surface area contributed by atoms with Crippen molar-refractivity contribution in [3.8, 4) is 33.6 Å². The lowest BCUT2D eigenvalue weighted by atomic mass is 9.98. The molecule has 2 nitrogen and oxygen atoms in total. The van der Waals surface area contributed by atoms with E-state index in [1.807, 2.05) is 0 Å². The van der Waals surface area contributed by atoms with Crippen molar-refractivity contribution in [3.63, 3.8) is 0 Å². The van der Waals surface area contributed by atoms with Crippen molar-refractivity contribution >= 4 is 75.1 Å². The summed E-state index contributed by atoms with van der Waals surface area (Å²) in [6, 6.07) is 11.9. The lowest BCUT2D eigenvalue weighted by Gasteiger charge is -2.11. The Morgan fingerprint density at radius 2 is 1.24 bits per heavy atom. The number of nitrogens with zero attached hydrogens (tertiary/aromatic N) is 2. The highest BCUT2D eigenvalue weighted by molar-refractivity contribution is 7.26. The van der Waals surface area contributed by atoms with Crippen LogP contribution in [0.4, 0.5) is 0 Å². The van der Waals surface area contributed by atoms with Gasteiger partial charge in [-0.2, -0.15) is 0 Å². The zero-order valence-corrected chi connectivity index (χ0v) is 27.0. The third-order valence-corrected chi connectivity index (χ3v) is 10.3. The minimum atomic E-state index is -0.531. The molecule has 0 spiro atoms. The van der Waals surface area contributed by atoms with Crippen LogP contribution in [0.15, 0.2) is 182 Å². The molecule has 0 N–H and O–H groups in total. The summed E-state index contributed by atoms with van der Waals surface area (Å²) >= 11 is 0.987. The molecule has 0 fully saturated rings. The van der Waals surface area contributed by atoms with Crippen molar-refractivity contribution in [2.24, 2.45) is 0 Å². The van der Waals surface area contributed by atoms with Crippen LogP contribution in [-0.4, -0.2) is 9.13 Å². The van der Waals surface area contributed by atoms with Crippen LogP contribution in [0.3, 0.4) is 0 Å². The molecule has 0 aliphatic heterocycles. The molecule has 0 radical (unpaired) electrons. The molecular formula is C48H30N2S. The molecular weight excluding hydrogens is 637 g/mol. The van der Waals surface area contributed by atoms with Gasteiger partial charge in [0.2, 0.25) is 0 Å². The Hall–Kier alpha value is -6.42. The second-order valence-corrected chi connectivity index (χ2v) is 13.0. The van der Waals surface area contributed by atoms with Gasteiger partial charge in [0.15, 0.2) is 0 Å². The smallest absolute Gasteiger partial charge is 0.0645 e. The summed E-state index contributed by atoms with van der Waals surface area (Å²) in [6.07, 6.45) is 0. The quantitative estimate of drug-likeness (QED) is 0.175. The SMILES string of the molecule is [2H]c1cc([2H])c(-c2c([2H])c([2H])c([2H])c3sc4c([2H])cc(-n5c6cc([2H])c([2H])c([2H])c6c6cc(-c7cc([2H])c([2H])c8c7c7cc([2H])c([2H])c([2H])c7n8-c7ccccc7)c([2H])c([2H])c65)cc4c23)c([2H])c1[2H]. The van der Waals surface area contributed by atoms with E-state index in [2.05, 4.69) is 0 Å². The van der Waals surface area contributed by atoms with Crippen LogP contribution < -0.4 is 0 Å². The van der Waals surface area contributed by atoms with Crippen LogP contribution in [0.1, 0.15) is 24.7 Å². The van der Waals surface area contributed by atoms with E-state index in [9.17, 15) is 6.85 Å². The number of thiophene rings is 1. The van der Waals surface area contributed by atoms with E-state index in [4.69, 9.17) is 17.8 Å². The average Bonchev–Trinajstić information content (AvgIpc) is 3.98. The molecule has 3 aromatic heterocycles.